The minimum Gasteiger partial charge on any atom is -0.482 e. The molecule has 98 valence electrons. The first-order valence-corrected chi connectivity index (χ1v) is 6.71. The van der Waals surface area contributed by atoms with Crippen molar-refractivity contribution in [3.8, 4) is 5.75 Å². The highest BCUT2D eigenvalue weighted by Crippen LogP contribution is 2.33. The molecule has 0 aromatic heterocycles. The van der Waals surface area contributed by atoms with Crippen LogP contribution in [0.15, 0.2) is 18.2 Å². The number of rotatable bonds is 5. The highest BCUT2D eigenvalue weighted by molar-refractivity contribution is 7.80. The molecule has 0 fully saturated rings. The minimum atomic E-state index is 0.0193. The first-order valence-electron chi connectivity index (χ1n) is 6.08. The van der Waals surface area contributed by atoms with E-state index in [-0.39, 0.29) is 12.5 Å². The molecule has 0 atom stereocenters. The Morgan fingerprint density at radius 3 is 3.06 bits per heavy atom. The SMILES string of the molecule is CNCc1ccc2c(c1)N(CCCS)C(=O)CO2. The molecular weight excluding hydrogens is 248 g/mol. The standard InChI is InChI=1S/C13H18N2O2S/c1-14-8-10-3-4-12-11(7-10)15(5-2-6-18)13(16)9-17-12/h3-4,7,14,18H,2,5-6,8-9H2,1H3. The normalized spacial score (nSPS) is 14.3. The second-order valence-corrected chi connectivity index (χ2v) is 4.69. The number of anilines is 1. The number of amides is 1. The van der Waals surface area contributed by atoms with Gasteiger partial charge < -0.3 is 15.0 Å². The summed E-state index contributed by atoms with van der Waals surface area (Å²) in [4.78, 5) is 13.7. The molecule has 0 spiro atoms. The number of fused-ring (bicyclic) bond motifs is 1. The number of carbonyl (C=O) groups is 1. The molecule has 4 nitrogen and oxygen atoms in total. The number of hydrogen-bond acceptors (Lipinski definition) is 4. The van der Waals surface area contributed by atoms with E-state index in [1.54, 1.807) is 4.90 Å². The maximum absolute atomic E-state index is 11.9. The summed E-state index contributed by atoms with van der Waals surface area (Å²) >= 11 is 4.19. The fourth-order valence-corrected chi connectivity index (χ4v) is 2.18. The van der Waals surface area contributed by atoms with Crippen molar-refractivity contribution in [1.29, 1.82) is 0 Å². The maximum atomic E-state index is 11.9. The summed E-state index contributed by atoms with van der Waals surface area (Å²) in [5.74, 6) is 1.58. The fraction of sp³-hybridized carbons (Fsp3) is 0.462. The highest BCUT2D eigenvalue weighted by Gasteiger charge is 2.25. The molecule has 1 heterocycles. The van der Waals surface area contributed by atoms with Crippen LogP contribution < -0.4 is 15.0 Å². The van der Waals surface area contributed by atoms with Crippen molar-refractivity contribution in [1.82, 2.24) is 5.32 Å². The summed E-state index contributed by atoms with van der Waals surface area (Å²) in [6, 6.07) is 5.96. The number of nitrogens with zero attached hydrogens (tertiary/aromatic N) is 1. The van der Waals surface area contributed by atoms with E-state index in [0.29, 0.717) is 6.54 Å². The zero-order valence-corrected chi connectivity index (χ0v) is 11.4. The maximum Gasteiger partial charge on any atom is 0.265 e. The molecule has 1 aromatic rings. The summed E-state index contributed by atoms with van der Waals surface area (Å²) in [7, 11) is 1.90. The molecule has 0 saturated carbocycles. The Kier molecular flexibility index (Phi) is 4.49. The summed E-state index contributed by atoms with van der Waals surface area (Å²) < 4.78 is 5.45. The molecule has 0 radical (unpaired) electrons. The number of benzene rings is 1. The average Bonchev–Trinajstić information content (AvgIpc) is 2.38. The van der Waals surface area contributed by atoms with Gasteiger partial charge in [-0.1, -0.05) is 6.07 Å². The van der Waals surface area contributed by atoms with Gasteiger partial charge in [-0.25, -0.2) is 0 Å². The quantitative estimate of drug-likeness (QED) is 0.793. The van der Waals surface area contributed by atoms with Crippen LogP contribution >= 0.6 is 12.6 Å². The van der Waals surface area contributed by atoms with Crippen LogP contribution in [0.3, 0.4) is 0 Å². The Labute approximate surface area is 113 Å². The molecular formula is C13H18N2O2S. The van der Waals surface area contributed by atoms with Crippen LogP contribution in [0.25, 0.3) is 0 Å². The molecule has 1 amide bonds. The van der Waals surface area contributed by atoms with Crippen LogP contribution in [0.4, 0.5) is 5.69 Å². The monoisotopic (exact) mass is 266 g/mol. The molecule has 1 aliphatic rings. The van der Waals surface area contributed by atoms with E-state index in [9.17, 15) is 4.79 Å². The summed E-state index contributed by atoms with van der Waals surface area (Å²) in [5, 5.41) is 3.10. The topological polar surface area (TPSA) is 41.6 Å². The van der Waals surface area contributed by atoms with Crippen LogP contribution in [0.1, 0.15) is 12.0 Å². The predicted octanol–water partition coefficient (Wildman–Crippen LogP) is 1.45. The largest absolute Gasteiger partial charge is 0.482 e. The van der Waals surface area contributed by atoms with Crippen molar-refractivity contribution in [3.63, 3.8) is 0 Å². The van der Waals surface area contributed by atoms with Crippen LogP contribution in [-0.2, 0) is 11.3 Å². The molecule has 18 heavy (non-hydrogen) atoms. The number of carbonyl (C=O) groups excluding carboxylic acids is 1. The Bertz CT molecular complexity index is 437. The lowest BCUT2D eigenvalue weighted by Crippen LogP contribution is -2.39. The van der Waals surface area contributed by atoms with Crippen molar-refractivity contribution < 1.29 is 9.53 Å². The zero-order valence-electron chi connectivity index (χ0n) is 10.5. The average molecular weight is 266 g/mol. The molecule has 0 aliphatic carbocycles. The van der Waals surface area contributed by atoms with Gasteiger partial charge in [0.25, 0.3) is 5.91 Å². The van der Waals surface area contributed by atoms with Gasteiger partial charge in [-0.3, -0.25) is 4.79 Å². The molecule has 2 rings (SSSR count). The summed E-state index contributed by atoms with van der Waals surface area (Å²) in [5.41, 5.74) is 2.02. The number of hydrogen-bond donors (Lipinski definition) is 2. The number of ether oxygens (including phenoxy) is 1. The van der Waals surface area contributed by atoms with Gasteiger partial charge in [0.2, 0.25) is 0 Å². The fourth-order valence-electron chi connectivity index (χ4n) is 2.04. The Morgan fingerprint density at radius 1 is 1.50 bits per heavy atom. The van der Waals surface area contributed by atoms with Gasteiger partial charge in [0.1, 0.15) is 5.75 Å². The van der Waals surface area contributed by atoms with E-state index in [4.69, 9.17) is 4.74 Å². The van der Waals surface area contributed by atoms with E-state index in [0.717, 1.165) is 35.7 Å². The van der Waals surface area contributed by atoms with Crippen molar-refractivity contribution in [2.75, 3.05) is 30.9 Å². The second-order valence-electron chi connectivity index (χ2n) is 4.24. The van der Waals surface area contributed by atoms with Gasteiger partial charge in [0, 0.05) is 13.1 Å². The van der Waals surface area contributed by atoms with Crippen molar-refractivity contribution in [2.24, 2.45) is 0 Å². The van der Waals surface area contributed by atoms with Crippen molar-refractivity contribution in [3.05, 3.63) is 23.8 Å². The van der Waals surface area contributed by atoms with E-state index >= 15 is 0 Å². The molecule has 0 unspecified atom stereocenters. The Balaban J connectivity index is 2.27. The lowest BCUT2D eigenvalue weighted by Gasteiger charge is -2.29. The van der Waals surface area contributed by atoms with Gasteiger partial charge in [0.15, 0.2) is 6.61 Å². The van der Waals surface area contributed by atoms with E-state index in [2.05, 4.69) is 17.9 Å². The highest BCUT2D eigenvalue weighted by atomic mass is 32.1. The molecule has 1 N–H and O–H groups in total. The minimum absolute atomic E-state index is 0.0193. The Morgan fingerprint density at radius 2 is 2.33 bits per heavy atom. The third-order valence-electron chi connectivity index (χ3n) is 2.89. The zero-order chi connectivity index (χ0) is 13.0. The van der Waals surface area contributed by atoms with Crippen molar-refractivity contribution >= 4 is 24.2 Å². The van der Waals surface area contributed by atoms with E-state index < -0.39 is 0 Å². The first-order chi connectivity index (χ1) is 8.76. The van der Waals surface area contributed by atoms with E-state index in [1.165, 1.54) is 0 Å². The van der Waals surface area contributed by atoms with Gasteiger partial charge in [0.05, 0.1) is 5.69 Å². The molecule has 5 heteroatoms. The summed E-state index contributed by atoms with van der Waals surface area (Å²) in [6.45, 7) is 1.61. The second kappa shape index (κ2) is 6.11. The number of thiol groups is 1. The van der Waals surface area contributed by atoms with Gasteiger partial charge in [-0.05, 0) is 36.9 Å². The first kappa shape index (κ1) is 13.2. The molecule has 0 bridgehead atoms. The van der Waals surface area contributed by atoms with Gasteiger partial charge >= 0.3 is 0 Å². The third kappa shape index (κ3) is 2.79. The van der Waals surface area contributed by atoms with Crippen molar-refractivity contribution in [2.45, 2.75) is 13.0 Å². The number of nitrogens with one attached hydrogen (secondary N) is 1. The van der Waals surface area contributed by atoms with Crippen LogP contribution in [0, 0.1) is 0 Å². The van der Waals surface area contributed by atoms with Gasteiger partial charge in [-0.2, -0.15) is 12.6 Å². The van der Waals surface area contributed by atoms with Gasteiger partial charge in [-0.15, -0.1) is 0 Å². The molecule has 1 aliphatic heterocycles. The smallest absolute Gasteiger partial charge is 0.265 e. The Hall–Kier alpha value is -1.20. The molecule has 1 aromatic carbocycles. The van der Waals surface area contributed by atoms with Crippen LogP contribution in [-0.4, -0.2) is 31.9 Å². The van der Waals surface area contributed by atoms with E-state index in [1.807, 2.05) is 25.2 Å². The predicted molar refractivity (Wildman–Crippen MR) is 75.5 cm³/mol. The van der Waals surface area contributed by atoms with Crippen LogP contribution in [0.5, 0.6) is 5.75 Å². The third-order valence-corrected chi connectivity index (χ3v) is 3.20. The molecule has 0 saturated heterocycles. The lowest BCUT2D eigenvalue weighted by molar-refractivity contribution is -0.121. The summed E-state index contributed by atoms with van der Waals surface area (Å²) in [6.07, 6.45) is 0.880. The van der Waals surface area contributed by atoms with Crippen LogP contribution in [0.2, 0.25) is 0 Å². The lowest BCUT2D eigenvalue weighted by atomic mass is 10.1.